The average molecular weight is 241 g/mol. The molecule has 2 rings (SSSR count). The quantitative estimate of drug-likeness (QED) is 0.724. The second-order valence-corrected chi connectivity index (χ2v) is 5.53. The summed E-state index contributed by atoms with van der Waals surface area (Å²) in [6.07, 6.45) is 0. The number of morpholine rings is 1. The van der Waals surface area contributed by atoms with Crippen LogP contribution in [0.3, 0.4) is 0 Å². The van der Waals surface area contributed by atoms with E-state index >= 15 is 0 Å². The summed E-state index contributed by atoms with van der Waals surface area (Å²) >= 11 is 0. The van der Waals surface area contributed by atoms with Gasteiger partial charge in [0.1, 0.15) is 0 Å². The van der Waals surface area contributed by atoms with Crippen molar-refractivity contribution in [1.82, 2.24) is 9.80 Å². The molecule has 17 heavy (non-hydrogen) atoms. The van der Waals surface area contributed by atoms with Gasteiger partial charge in [0.25, 0.3) is 0 Å². The second-order valence-electron chi connectivity index (χ2n) is 5.53. The Morgan fingerprint density at radius 2 is 1.94 bits per heavy atom. The number of likely N-dealkylation sites (tertiary alicyclic amines) is 1. The molecule has 0 spiro atoms. The number of nitrogens with zero attached hydrogens (tertiary/aromatic N) is 2. The highest BCUT2D eigenvalue weighted by atomic mass is 16.5. The summed E-state index contributed by atoms with van der Waals surface area (Å²) in [6.45, 7) is 9.24. The molecule has 0 aromatic heterocycles. The van der Waals surface area contributed by atoms with Crippen LogP contribution in [0.15, 0.2) is 0 Å². The van der Waals surface area contributed by atoms with Gasteiger partial charge in [0.15, 0.2) is 0 Å². The predicted molar refractivity (Wildman–Crippen MR) is 65.6 cm³/mol. The number of hydrogen-bond donors (Lipinski definition) is 1. The molecule has 2 heterocycles. The summed E-state index contributed by atoms with van der Waals surface area (Å²) in [6, 6.07) is 0. The fourth-order valence-electron chi connectivity index (χ4n) is 2.37. The molecule has 2 saturated heterocycles. The Balaban J connectivity index is 1.74. The third kappa shape index (κ3) is 2.78. The van der Waals surface area contributed by atoms with E-state index in [2.05, 4.69) is 18.7 Å². The Bertz CT molecular complexity index is 281. The zero-order chi connectivity index (χ0) is 12.5. The van der Waals surface area contributed by atoms with Gasteiger partial charge in [0, 0.05) is 31.7 Å². The minimum atomic E-state index is -0.0920. The molecule has 2 fully saturated rings. The first-order chi connectivity index (χ1) is 8.01. The van der Waals surface area contributed by atoms with Crippen molar-refractivity contribution in [3.05, 3.63) is 0 Å². The molecule has 2 N–H and O–H groups in total. The molecule has 98 valence electrons. The first-order valence-corrected chi connectivity index (χ1v) is 6.38. The highest BCUT2D eigenvalue weighted by Gasteiger charge is 2.42. The highest BCUT2D eigenvalue weighted by molar-refractivity contribution is 5.78. The molecule has 0 radical (unpaired) electrons. The van der Waals surface area contributed by atoms with Gasteiger partial charge in [0.05, 0.1) is 19.8 Å². The minimum absolute atomic E-state index is 0.0920. The van der Waals surface area contributed by atoms with Crippen molar-refractivity contribution in [1.29, 1.82) is 0 Å². The molecule has 0 atom stereocenters. The minimum Gasteiger partial charge on any atom is -0.378 e. The van der Waals surface area contributed by atoms with Crippen LogP contribution in [0, 0.1) is 5.92 Å². The third-order valence-electron chi connectivity index (χ3n) is 3.91. The largest absolute Gasteiger partial charge is 0.378 e. The van der Waals surface area contributed by atoms with Gasteiger partial charge in [-0.05, 0) is 5.92 Å². The molecular weight excluding hydrogens is 218 g/mol. The molecule has 2 aliphatic rings. The van der Waals surface area contributed by atoms with Gasteiger partial charge in [-0.1, -0.05) is 13.8 Å². The topological polar surface area (TPSA) is 58.8 Å². The first kappa shape index (κ1) is 12.8. The summed E-state index contributed by atoms with van der Waals surface area (Å²) in [4.78, 5) is 16.0. The lowest BCUT2D eigenvalue weighted by Gasteiger charge is -2.50. The van der Waals surface area contributed by atoms with E-state index in [4.69, 9.17) is 10.5 Å². The van der Waals surface area contributed by atoms with Gasteiger partial charge in [-0.3, -0.25) is 9.69 Å². The smallest absolute Gasteiger partial charge is 0.236 e. The summed E-state index contributed by atoms with van der Waals surface area (Å²) in [5, 5.41) is 0. The monoisotopic (exact) mass is 241 g/mol. The Labute approximate surface area is 103 Å². The van der Waals surface area contributed by atoms with Crippen LogP contribution < -0.4 is 5.73 Å². The first-order valence-electron chi connectivity index (χ1n) is 6.38. The number of nitrogens with two attached hydrogens (primary N) is 1. The van der Waals surface area contributed by atoms with Crippen LogP contribution in [0.25, 0.3) is 0 Å². The Kier molecular flexibility index (Phi) is 3.70. The Morgan fingerprint density at radius 1 is 1.35 bits per heavy atom. The number of ether oxygens (including phenoxy) is 1. The lowest BCUT2D eigenvalue weighted by molar-refractivity contribution is -0.138. The lowest BCUT2D eigenvalue weighted by atomic mass is 9.80. The van der Waals surface area contributed by atoms with Crippen molar-refractivity contribution in [2.45, 2.75) is 19.4 Å². The third-order valence-corrected chi connectivity index (χ3v) is 3.91. The molecule has 0 aromatic rings. The molecule has 5 nitrogen and oxygen atoms in total. The maximum Gasteiger partial charge on any atom is 0.236 e. The van der Waals surface area contributed by atoms with Crippen molar-refractivity contribution >= 4 is 5.91 Å². The lowest BCUT2D eigenvalue weighted by Crippen LogP contribution is -2.71. The summed E-state index contributed by atoms with van der Waals surface area (Å²) in [5.41, 5.74) is 6.11. The summed E-state index contributed by atoms with van der Waals surface area (Å²) in [7, 11) is 0. The molecule has 2 aliphatic heterocycles. The standard InChI is InChI=1S/C12H23N3O2/c1-10(2)12(13)8-14(9-12)7-11(16)15-3-5-17-6-4-15/h10H,3-9,13H2,1-2H3. The predicted octanol–water partition coefficient (Wildman–Crippen LogP) is -0.486. The van der Waals surface area contributed by atoms with Crippen LogP contribution in [0.1, 0.15) is 13.8 Å². The van der Waals surface area contributed by atoms with E-state index in [9.17, 15) is 4.79 Å². The van der Waals surface area contributed by atoms with Crippen molar-refractivity contribution in [3.63, 3.8) is 0 Å². The van der Waals surface area contributed by atoms with E-state index in [1.807, 2.05) is 4.90 Å². The van der Waals surface area contributed by atoms with Gasteiger partial charge >= 0.3 is 0 Å². The summed E-state index contributed by atoms with van der Waals surface area (Å²) < 4.78 is 5.23. The normalized spacial score (nSPS) is 24.8. The maximum atomic E-state index is 12.0. The van der Waals surface area contributed by atoms with Crippen LogP contribution in [0.4, 0.5) is 0 Å². The van der Waals surface area contributed by atoms with Crippen molar-refractivity contribution in [2.24, 2.45) is 11.7 Å². The van der Waals surface area contributed by atoms with E-state index in [-0.39, 0.29) is 11.4 Å². The Morgan fingerprint density at radius 3 is 2.47 bits per heavy atom. The molecule has 0 bridgehead atoms. The van der Waals surface area contributed by atoms with Gasteiger partial charge < -0.3 is 15.4 Å². The fraction of sp³-hybridized carbons (Fsp3) is 0.917. The molecular formula is C12H23N3O2. The van der Waals surface area contributed by atoms with Gasteiger partial charge in [-0.25, -0.2) is 0 Å². The molecule has 5 heteroatoms. The molecule has 1 amide bonds. The number of amides is 1. The van der Waals surface area contributed by atoms with E-state index in [1.54, 1.807) is 0 Å². The van der Waals surface area contributed by atoms with E-state index in [1.165, 1.54) is 0 Å². The molecule has 0 aliphatic carbocycles. The fourth-order valence-corrected chi connectivity index (χ4v) is 2.37. The van der Waals surface area contributed by atoms with Gasteiger partial charge in [-0.15, -0.1) is 0 Å². The van der Waals surface area contributed by atoms with Crippen molar-refractivity contribution in [2.75, 3.05) is 45.9 Å². The zero-order valence-electron chi connectivity index (χ0n) is 10.8. The van der Waals surface area contributed by atoms with Crippen molar-refractivity contribution in [3.8, 4) is 0 Å². The van der Waals surface area contributed by atoms with Crippen LogP contribution in [-0.4, -0.2) is 67.2 Å². The number of carbonyl (C=O) groups excluding carboxylic acids is 1. The number of carbonyl (C=O) groups is 1. The van der Waals surface area contributed by atoms with Crippen LogP contribution in [-0.2, 0) is 9.53 Å². The van der Waals surface area contributed by atoms with Gasteiger partial charge in [-0.2, -0.15) is 0 Å². The van der Waals surface area contributed by atoms with Crippen LogP contribution >= 0.6 is 0 Å². The van der Waals surface area contributed by atoms with Crippen LogP contribution in [0.2, 0.25) is 0 Å². The van der Waals surface area contributed by atoms with E-state index in [0.29, 0.717) is 25.7 Å². The number of hydrogen-bond acceptors (Lipinski definition) is 4. The second kappa shape index (κ2) is 4.92. The Hall–Kier alpha value is -0.650. The summed E-state index contributed by atoms with van der Waals surface area (Å²) in [5.74, 6) is 0.677. The van der Waals surface area contributed by atoms with E-state index in [0.717, 1.165) is 26.2 Å². The van der Waals surface area contributed by atoms with Crippen LogP contribution in [0.5, 0.6) is 0 Å². The highest BCUT2D eigenvalue weighted by Crippen LogP contribution is 2.25. The average Bonchev–Trinajstić information content (AvgIpc) is 2.27. The molecule has 0 unspecified atom stereocenters. The van der Waals surface area contributed by atoms with Crippen molar-refractivity contribution < 1.29 is 9.53 Å². The maximum absolute atomic E-state index is 12.0. The zero-order valence-corrected chi connectivity index (χ0v) is 10.8. The SMILES string of the molecule is CC(C)C1(N)CN(CC(=O)N2CCOCC2)C1. The van der Waals surface area contributed by atoms with Gasteiger partial charge in [0.2, 0.25) is 5.91 Å². The molecule has 0 saturated carbocycles. The number of rotatable bonds is 3. The van der Waals surface area contributed by atoms with E-state index < -0.39 is 0 Å². The molecule has 0 aromatic carbocycles.